The van der Waals surface area contributed by atoms with Gasteiger partial charge in [-0.05, 0) is 25.3 Å². The second-order valence-corrected chi connectivity index (χ2v) is 8.24. The van der Waals surface area contributed by atoms with Crippen LogP contribution in [0.5, 0.6) is 0 Å². The van der Waals surface area contributed by atoms with Gasteiger partial charge < -0.3 is 20.3 Å². The van der Waals surface area contributed by atoms with Gasteiger partial charge in [-0.15, -0.1) is 0 Å². The molecule has 1 saturated carbocycles. The van der Waals surface area contributed by atoms with Crippen molar-refractivity contribution in [2.24, 2.45) is 11.8 Å². The summed E-state index contributed by atoms with van der Waals surface area (Å²) in [5.41, 5.74) is -0.829. The molecule has 2 heterocycles. The highest BCUT2D eigenvalue weighted by molar-refractivity contribution is 5.86. The van der Waals surface area contributed by atoms with E-state index in [-0.39, 0.29) is 24.2 Å². The smallest absolute Gasteiger partial charge is 0.224 e. The van der Waals surface area contributed by atoms with Crippen LogP contribution in [0.25, 0.3) is 0 Å². The van der Waals surface area contributed by atoms with E-state index in [1.165, 1.54) is 19.3 Å². The van der Waals surface area contributed by atoms with Crippen molar-refractivity contribution in [3.8, 4) is 6.07 Å². The van der Waals surface area contributed by atoms with Crippen LogP contribution in [0, 0.1) is 23.2 Å². The van der Waals surface area contributed by atoms with Crippen molar-refractivity contribution in [1.82, 2.24) is 15.5 Å². The maximum atomic E-state index is 13.1. The zero-order valence-electron chi connectivity index (χ0n) is 16.2. The summed E-state index contributed by atoms with van der Waals surface area (Å²) in [6.45, 7) is 3.53. The fourth-order valence-electron chi connectivity index (χ4n) is 4.52. The standard InChI is InChI=1S/C20H32N4O3/c21-14-20(6-7-22-15-20)23-19(26)17(12-16-4-2-1-3-5-16)13-18(25)24-8-10-27-11-9-24/h16-17,22H,1-13,15H2,(H,23,26). The first-order valence-corrected chi connectivity index (χ1v) is 10.4. The predicted octanol–water partition coefficient (Wildman–Crippen LogP) is 1.19. The van der Waals surface area contributed by atoms with Gasteiger partial charge in [-0.1, -0.05) is 32.1 Å². The Balaban J connectivity index is 1.65. The molecule has 0 aromatic rings. The summed E-state index contributed by atoms with van der Waals surface area (Å²) < 4.78 is 5.32. The number of nitrogens with zero attached hydrogens (tertiary/aromatic N) is 2. The third-order valence-electron chi connectivity index (χ3n) is 6.23. The van der Waals surface area contributed by atoms with Crippen LogP contribution in [0.15, 0.2) is 0 Å². The number of morpholine rings is 1. The van der Waals surface area contributed by atoms with Gasteiger partial charge in [-0.2, -0.15) is 5.26 Å². The number of hydrogen-bond donors (Lipinski definition) is 2. The average molecular weight is 377 g/mol. The number of ether oxygens (including phenoxy) is 1. The quantitative estimate of drug-likeness (QED) is 0.726. The van der Waals surface area contributed by atoms with E-state index in [9.17, 15) is 14.9 Å². The molecule has 0 aromatic carbocycles. The zero-order valence-corrected chi connectivity index (χ0v) is 16.2. The number of amides is 2. The van der Waals surface area contributed by atoms with Crippen LogP contribution in [0.4, 0.5) is 0 Å². The SMILES string of the molecule is N#CC1(NC(=O)C(CC(=O)N2CCOCC2)CC2CCCCC2)CCNC1. The molecule has 2 N–H and O–H groups in total. The van der Waals surface area contributed by atoms with Crippen LogP contribution in [-0.4, -0.2) is 61.6 Å². The van der Waals surface area contributed by atoms with Gasteiger partial charge in [0.2, 0.25) is 11.8 Å². The second-order valence-electron chi connectivity index (χ2n) is 8.24. The molecule has 0 spiro atoms. The number of hydrogen-bond acceptors (Lipinski definition) is 5. The Kier molecular flexibility index (Phi) is 7.08. The largest absolute Gasteiger partial charge is 0.378 e. The highest BCUT2D eigenvalue weighted by atomic mass is 16.5. The van der Waals surface area contributed by atoms with E-state index in [1.807, 2.05) is 4.90 Å². The minimum absolute atomic E-state index is 0.0322. The van der Waals surface area contributed by atoms with Gasteiger partial charge in [0.1, 0.15) is 5.54 Å². The van der Waals surface area contributed by atoms with Crippen molar-refractivity contribution >= 4 is 11.8 Å². The summed E-state index contributed by atoms with van der Waals surface area (Å²) in [5, 5.41) is 15.7. The molecular weight excluding hydrogens is 344 g/mol. The maximum absolute atomic E-state index is 13.1. The number of nitrogens with one attached hydrogen (secondary N) is 2. The second kappa shape index (κ2) is 9.52. The van der Waals surface area contributed by atoms with Crippen LogP contribution in [0.1, 0.15) is 51.4 Å². The zero-order chi connectivity index (χ0) is 19.1. The van der Waals surface area contributed by atoms with Crippen molar-refractivity contribution in [3.63, 3.8) is 0 Å². The third-order valence-corrected chi connectivity index (χ3v) is 6.23. The Morgan fingerprint density at radius 2 is 2.00 bits per heavy atom. The monoisotopic (exact) mass is 376 g/mol. The molecule has 3 fully saturated rings. The Morgan fingerprint density at radius 1 is 1.26 bits per heavy atom. The summed E-state index contributed by atoms with van der Waals surface area (Å²) in [6, 6.07) is 2.28. The van der Waals surface area contributed by atoms with E-state index in [0.29, 0.717) is 45.2 Å². The number of rotatable bonds is 6. The maximum Gasteiger partial charge on any atom is 0.224 e. The van der Waals surface area contributed by atoms with Crippen LogP contribution in [-0.2, 0) is 14.3 Å². The average Bonchev–Trinajstić information content (AvgIpc) is 3.18. The molecule has 27 heavy (non-hydrogen) atoms. The summed E-state index contributed by atoms with van der Waals surface area (Å²) in [6.07, 6.45) is 7.56. The molecule has 3 rings (SSSR count). The van der Waals surface area contributed by atoms with Gasteiger partial charge in [0.25, 0.3) is 0 Å². The van der Waals surface area contributed by atoms with Crippen LogP contribution < -0.4 is 10.6 Å². The Bertz CT molecular complexity index is 556. The first-order valence-electron chi connectivity index (χ1n) is 10.4. The molecule has 7 nitrogen and oxygen atoms in total. The predicted molar refractivity (Wildman–Crippen MR) is 101 cm³/mol. The fourth-order valence-corrected chi connectivity index (χ4v) is 4.52. The van der Waals surface area contributed by atoms with Gasteiger partial charge in [0.15, 0.2) is 0 Å². The van der Waals surface area contributed by atoms with Gasteiger partial charge in [0.05, 0.1) is 19.3 Å². The normalized spacial score (nSPS) is 27.7. The summed E-state index contributed by atoms with van der Waals surface area (Å²) in [5.74, 6) is 0.0539. The molecule has 0 aromatic heterocycles. The van der Waals surface area contributed by atoms with Gasteiger partial charge in [-0.3, -0.25) is 9.59 Å². The number of nitriles is 1. The van der Waals surface area contributed by atoms with Crippen molar-refractivity contribution < 1.29 is 14.3 Å². The van der Waals surface area contributed by atoms with E-state index < -0.39 is 5.54 Å². The molecular formula is C20H32N4O3. The Morgan fingerprint density at radius 3 is 2.63 bits per heavy atom. The lowest BCUT2D eigenvalue weighted by molar-refractivity contribution is -0.140. The minimum atomic E-state index is -0.829. The third kappa shape index (κ3) is 5.43. The highest BCUT2D eigenvalue weighted by Gasteiger charge is 2.38. The van der Waals surface area contributed by atoms with Gasteiger partial charge >= 0.3 is 0 Å². The molecule has 2 aliphatic heterocycles. The number of carbonyl (C=O) groups is 2. The summed E-state index contributed by atoms with van der Waals surface area (Å²) >= 11 is 0. The molecule has 0 radical (unpaired) electrons. The van der Waals surface area contributed by atoms with E-state index in [0.717, 1.165) is 25.8 Å². The lowest BCUT2D eigenvalue weighted by Crippen LogP contribution is -2.52. The van der Waals surface area contributed by atoms with Crippen molar-refractivity contribution in [2.45, 2.75) is 56.9 Å². The molecule has 2 unspecified atom stereocenters. The van der Waals surface area contributed by atoms with E-state index >= 15 is 0 Å². The molecule has 150 valence electrons. The molecule has 3 aliphatic rings. The topological polar surface area (TPSA) is 94.5 Å². The van der Waals surface area contributed by atoms with Crippen LogP contribution in [0.3, 0.4) is 0 Å². The fraction of sp³-hybridized carbons (Fsp3) is 0.850. The van der Waals surface area contributed by atoms with Gasteiger partial charge in [-0.25, -0.2) is 0 Å². The van der Waals surface area contributed by atoms with Gasteiger partial charge in [0, 0.05) is 32.0 Å². The molecule has 1 aliphatic carbocycles. The minimum Gasteiger partial charge on any atom is -0.378 e. The van der Waals surface area contributed by atoms with E-state index in [4.69, 9.17) is 4.74 Å². The van der Waals surface area contributed by atoms with Crippen LogP contribution >= 0.6 is 0 Å². The van der Waals surface area contributed by atoms with Crippen LogP contribution in [0.2, 0.25) is 0 Å². The lowest BCUT2D eigenvalue weighted by atomic mass is 9.81. The molecule has 7 heteroatoms. The number of carbonyl (C=O) groups excluding carboxylic acids is 2. The molecule has 2 amide bonds. The molecule has 2 atom stereocenters. The molecule has 2 saturated heterocycles. The summed E-state index contributed by atoms with van der Waals surface area (Å²) in [4.78, 5) is 27.6. The lowest BCUT2D eigenvalue weighted by Gasteiger charge is -2.31. The Hall–Kier alpha value is -1.65. The van der Waals surface area contributed by atoms with E-state index in [2.05, 4.69) is 16.7 Å². The Labute approximate surface area is 161 Å². The first kappa shape index (κ1) is 20.1. The van der Waals surface area contributed by atoms with Crippen molar-refractivity contribution in [1.29, 1.82) is 5.26 Å². The van der Waals surface area contributed by atoms with Crippen molar-refractivity contribution in [2.75, 3.05) is 39.4 Å². The highest BCUT2D eigenvalue weighted by Crippen LogP contribution is 2.31. The van der Waals surface area contributed by atoms with Crippen molar-refractivity contribution in [3.05, 3.63) is 0 Å². The first-order chi connectivity index (χ1) is 13.1. The summed E-state index contributed by atoms with van der Waals surface area (Å²) in [7, 11) is 0. The molecule has 0 bridgehead atoms. The van der Waals surface area contributed by atoms with E-state index in [1.54, 1.807) is 0 Å².